The summed E-state index contributed by atoms with van der Waals surface area (Å²) in [6.45, 7) is 4.16. The molecule has 0 atom stereocenters. The third-order valence-corrected chi connectivity index (χ3v) is 4.15. The van der Waals surface area contributed by atoms with Crippen LogP contribution in [0, 0.1) is 13.8 Å². The molecule has 2 aromatic carbocycles. The zero-order valence-corrected chi connectivity index (χ0v) is 15.2. The molecule has 1 N–H and O–H groups in total. The van der Waals surface area contributed by atoms with Gasteiger partial charge < -0.3 is 10.1 Å². The van der Waals surface area contributed by atoms with Gasteiger partial charge in [0.05, 0.1) is 12.2 Å². The van der Waals surface area contributed by atoms with E-state index in [1.807, 2.05) is 32.0 Å². The van der Waals surface area contributed by atoms with E-state index in [0.717, 1.165) is 11.3 Å². The highest BCUT2D eigenvalue weighted by atomic mass is 35.5. The van der Waals surface area contributed by atoms with Gasteiger partial charge in [0.1, 0.15) is 5.75 Å². The first-order valence-corrected chi connectivity index (χ1v) is 8.40. The predicted octanol–water partition coefficient (Wildman–Crippen LogP) is 2.63. The first kappa shape index (κ1) is 17.9. The van der Waals surface area contributed by atoms with Gasteiger partial charge in [-0.1, -0.05) is 17.7 Å². The first-order chi connectivity index (χ1) is 12.5. The van der Waals surface area contributed by atoms with Crippen LogP contribution in [0.4, 0.5) is 0 Å². The van der Waals surface area contributed by atoms with Crippen LogP contribution in [0.15, 0.2) is 42.5 Å². The number of hydrogen-bond acceptors (Lipinski definition) is 5. The predicted molar refractivity (Wildman–Crippen MR) is 97.4 cm³/mol. The van der Waals surface area contributed by atoms with E-state index in [1.54, 1.807) is 28.9 Å². The van der Waals surface area contributed by atoms with E-state index >= 15 is 0 Å². The van der Waals surface area contributed by atoms with Gasteiger partial charge in [-0.25, -0.2) is 0 Å². The Morgan fingerprint density at radius 3 is 2.65 bits per heavy atom. The van der Waals surface area contributed by atoms with Gasteiger partial charge in [0.25, 0.3) is 5.91 Å². The van der Waals surface area contributed by atoms with Crippen molar-refractivity contribution in [2.24, 2.45) is 0 Å². The van der Waals surface area contributed by atoms with Gasteiger partial charge in [-0.3, -0.25) is 4.79 Å². The number of nitrogens with one attached hydrogen (secondary N) is 1. The summed E-state index contributed by atoms with van der Waals surface area (Å²) in [6.07, 6.45) is 0. The summed E-state index contributed by atoms with van der Waals surface area (Å²) in [6, 6.07) is 12.8. The van der Waals surface area contributed by atoms with Crippen LogP contribution < -0.4 is 10.1 Å². The number of tetrazole rings is 1. The summed E-state index contributed by atoms with van der Waals surface area (Å²) in [7, 11) is 0. The molecule has 0 bridgehead atoms. The second-order valence-corrected chi connectivity index (χ2v) is 6.23. The van der Waals surface area contributed by atoms with Gasteiger partial charge in [-0.15, -0.1) is 5.10 Å². The molecule has 0 unspecified atom stereocenters. The monoisotopic (exact) mass is 371 g/mol. The van der Waals surface area contributed by atoms with E-state index in [4.69, 9.17) is 16.3 Å². The Morgan fingerprint density at radius 2 is 1.92 bits per heavy atom. The molecule has 1 heterocycles. The zero-order chi connectivity index (χ0) is 18.5. The zero-order valence-electron chi connectivity index (χ0n) is 14.4. The Hall–Kier alpha value is -2.93. The van der Waals surface area contributed by atoms with Crippen molar-refractivity contribution in [2.75, 3.05) is 6.61 Å². The van der Waals surface area contributed by atoms with Gasteiger partial charge in [-0.2, -0.15) is 4.68 Å². The Labute approximate surface area is 155 Å². The van der Waals surface area contributed by atoms with E-state index in [-0.39, 0.29) is 19.1 Å². The summed E-state index contributed by atoms with van der Waals surface area (Å²) < 4.78 is 7.01. The topological polar surface area (TPSA) is 81.9 Å². The van der Waals surface area contributed by atoms with Gasteiger partial charge in [0, 0.05) is 5.02 Å². The third kappa shape index (κ3) is 4.37. The number of carbonyl (C=O) groups is 1. The number of rotatable bonds is 6. The molecular formula is C18H18ClN5O2. The van der Waals surface area contributed by atoms with Crippen molar-refractivity contribution in [2.45, 2.75) is 20.4 Å². The van der Waals surface area contributed by atoms with Crippen LogP contribution in [-0.2, 0) is 11.3 Å². The quantitative estimate of drug-likeness (QED) is 0.720. The third-order valence-electron chi connectivity index (χ3n) is 3.90. The van der Waals surface area contributed by atoms with E-state index in [0.29, 0.717) is 16.6 Å². The van der Waals surface area contributed by atoms with Crippen LogP contribution in [-0.4, -0.2) is 32.7 Å². The largest absolute Gasteiger partial charge is 0.484 e. The number of amides is 1. The maximum atomic E-state index is 12.0. The fraction of sp³-hybridized carbons (Fsp3) is 0.222. The van der Waals surface area contributed by atoms with Crippen LogP contribution in [0.2, 0.25) is 5.02 Å². The van der Waals surface area contributed by atoms with E-state index in [1.165, 1.54) is 5.56 Å². The summed E-state index contributed by atoms with van der Waals surface area (Å²) in [4.78, 5) is 12.0. The normalized spacial score (nSPS) is 10.6. The maximum Gasteiger partial charge on any atom is 0.258 e. The second kappa shape index (κ2) is 7.97. The molecular weight excluding hydrogens is 354 g/mol. The highest BCUT2D eigenvalue weighted by Gasteiger charge is 2.11. The number of carbonyl (C=O) groups excluding carboxylic acids is 1. The smallest absolute Gasteiger partial charge is 0.258 e. The van der Waals surface area contributed by atoms with Crippen molar-refractivity contribution in [3.8, 4) is 11.4 Å². The van der Waals surface area contributed by atoms with Crippen molar-refractivity contribution in [3.05, 3.63) is 64.4 Å². The number of benzene rings is 2. The second-order valence-electron chi connectivity index (χ2n) is 5.79. The molecule has 7 nitrogen and oxygen atoms in total. The lowest BCUT2D eigenvalue weighted by Crippen LogP contribution is -2.29. The molecule has 8 heteroatoms. The minimum Gasteiger partial charge on any atom is -0.484 e. The SMILES string of the molecule is Cc1ccc(-n2nnnc2CNC(=O)COc2ccc(Cl)cc2)cc1C. The van der Waals surface area contributed by atoms with Crippen molar-refractivity contribution < 1.29 is 9.53 Å². The summed E-state index contributed by atoms with van der Waals surface area (Å²) in [5.74, 6) is 0.840. The molecule has 134 valence electrons. The average Bonchev–Trinajstić information content (AvgIpc) is 3.10. The van der Waals surface area contributed by atoms with Crippen LogP contribution in [0.5, 0.6) is 5.75 Å². The number of nitrogens with zero attached hydrogens (tertiary/aromatic N) is 4. The van der Waals surface area contributed by atoms with Gasteiger partial charge in [-0.05, 0) is 71.8 Å². The Balaban J connectivity index is 1.58. The lowest BCUT2D eigenvalue weighted by Gasteiger charge is -2.09. The number of ether oxygens (including phenoxy) is 1. The highest BCUT2D eigenvalue weighted by molar-refractivity contribution is 6.30. The van der Waals surface area contributed by atoms with E-state index < -0.39 is 0 Å². The number of aromatic nitrogens is 4. The van der Waals surface area contributed by atoms with E-state index in [9.17, 15) is 4.79 Å². The lowest BCUT2D eigenvalue weighted by molar-refractivity contribution is -0.123. The molecule has 3 aromatic rings. The van der Waals surface area contributed by atoms with Crippen LogP contribution in [0.25, 0.3) is 5.69 Å². The molecule has 3 rings (SSSR count). The van der Waals surface area contributed by atoms with Gasteiger partial charge in [0.2, 0.25) is 0 Å². The summed E-state index contributed by atoms with van der Waals surface area (Å²) >= 11 is 5.81. The first-order valence-electron chi connectivity index (χ1n) is 8.03. The van der Waals surface area contributed by atoms with Crippen molar-refractivity contribution >= 4 is 17.5 Å². The van der Waals surface area contributed by atoms with E-state index in [2.05, 4.69) is 20.8 Å². The minimum atomic E-state index is -0.269. The molecule has 0 saturated heterocycles. The van der Waals surface area contributed by atoms with Crippen molar-refractivity contribution in [1.29, 1.82) is 0 Å². The van der Waals surface area contributed by atoms with Gasteiger partial charge in [0.15, 0.2) is 12.4 Å². The highest BCUT2D eigenvalue weighted by Crippen LogP contribution is 2.15. The summed E-state index contributed by atoms with van der Waals surface area (Å²) in [5, 5.41) is 15.0. The average molecular weight is 372 g/mol. The molecule has 0 aliphatic rings. The fourth-order valence-electron chi connectivity index (χ4n) is 2.28. The van der Waals surface area contributed by atoms with Crippen LogP contribution >= 0.6 is 11.6 Å². The Bertz CT molecular complexity index is 908. The molecule has 0 radical (unpaired) electrons. The molecule has 0 saturated carbocycles. The fourth-order valence-corrected chi connectivity index (χ4v) is 2.41. The lowest BCUT2D eigenvalue weighted by atomic mass is 10.1. The number of hydrogen-bond donors (Lipinski definition) is 1. The molecule has 0 aliphatic carbocycles. The molecule has 0 spiro atoms. The molecule has 0 fully saturated rings. The maximum absolute atomic E-state index is 12.0. The molecule has 1 amide bonds. The number of halogens is 1. The Kier molecular flexibility index (Phi) is 5.48. The van der Waals surface area contributed by atoms with Crippen molar-refractivity contribution in [1.82, 2.24) is 25.5 Å². The van der Waals surface area contributed by atoms with Gasteiger partial charge >= 0.3 is 0 Å². The summed E-state index contributed by atoms with van der Waals surface area (Å²) in [5.41, 5.74) is 3.18. The van der Waals surface area contributed by atoms with Crippen LogP contribution in [0.3, 0.4) is 0 Å². The molecule has 0 aliphatic heterocycles. The Morgan fingerprint density at radius 1 is 1.15 bits per heavy atom. The molecule has 26 heavy (non-hydrogen) atoms. The van der Waals surface area contributed by atoms with Crippen LogP contribution in [0.1, 0.15) is 17.0 Å². The minimum absolute atomic E-state index is 0.104. The molecule has 1 aromatic heterocycles. The standard InChI is InChI=1S/C18H18ClN5O2/c1-12-3-6-15(9-13(12)2)24-17(21-22-23-24)10-20-18(25)11-26-16-7-4-14(19)5-8-16/h3-9H,10-11H2,1-2H3,(H,20,25). The van der Waals surface area contributed by atoms with Crippen molar-refractivity contribution in [3.63, 3.8) is 0 Å². The number of aryl methyl sites for hydroxylation is 2.